The third kappa shape index (κ3) is 4.28. The van der Waals surface area contributed by atoms with E-state index in [4.69, 9.17) is 58.0 Å². The minimum Gasteiger partial charge on any atom is -0.290 e. The Bertz CT molecular complexity index is 648. The number of imidazole rings is 1. The molecule has 0 fully saturated rings. The van der Waals surface area contributed by atoms with E-state index >= 15 is 0 Å². The molecule has 21 heavy (non-hydrogen) atoms. The van der Waals surface area contributed by atoms with E-state index in [1.54, 1.807) is 23.0 Å². The van der Waals surface area contributed by atoms with Crippen LogP contribution in [0.2, 0.25) is 15.1 Å². The van der Waals surface area contributed by atoms with E-state index < -0.39 is 3.92 Å². The van der Waals surface area contributed by atoms with Crippen molar-refractivity contribution in [3.8, 4) is 5.69 Å². The Morgan fingerprint density at radius 3 is 2.24 bits per heavy atom. The molecule has 1 aromatic heterocycles. The molecule has 2 rings (SSSR count). The first-order valence-corrected chi connectivity index (χ1v) is 9.18. The highest BCUT2D eigenvalue weighted by atomic mass is 35.5. The maximum absolute atomic E-state index is 13.4. The van der Waals surface area contributed by atoms with Crippen LogP contribution in [0.3, 0.4) is 0 Å². The number of hydrogen-bond donors (Lipinski definition) is 0. The third-order valence-corrected chi connectivity index (χ3v) is 5.21. The Morgan fingerprint density at radius 2 is 1.76 bits per heavy atom. The summed E-state index contributed by atoms with van der Waals surface area (Å²) >= 11 is 30.9. The third-order valence-electron chi connectivity index (χ3n) is 2.32. The lowest BCUT2D eigenvalue weighted by molar-refractivity contribution is 0.515. The summed E-state index contributed by atoms with van der Waals surface area (Å²) in [6, 6.07) is 3.12. The van der Waals surface area contributed by atoms with Crippen LogP contribution in [0.5, 0.6) is 0 Å². The quantitative estimate of drug-likeness (QED) is 0.400. The normalized spacial score (nSPS) is 12.0. The maximum Gasteiger partial charge on any atom is 0.310 e. The predicted octanol–water partition coefficient (Wildman–Crippen LogP) is 6.70. The van der Waals surface area contributed by atoms with Crippen LogP contribution in [0.4, 0.5) is 4.39 Å². The number of alkyl halides is 3. The molecular formula is C11H6Cl5FN2S2. The van der Waals surface area contributed by atoms with E-state index in [2.05, 4.69) is 4.98 Å². The molecule has 1 aromatic carbocycles. The van der Waals surface area contributed by atoms with Crippen LogP contribution in [0, 0.1) is 0 Å². The van der Waals surface area contributed by atoms with Gasteiger partial charge in [-0.15, -0.1) is 11.8 Å². The zero-order valence-corrected chi connectivity index (χ0v) is 15.6. The van der Waals surface area contributed by atoms with Gasteiger partial charge in [-0.3, -0.25) is 4.57 Å². The molecule has 0 saturated carbocycles. The molecule has 0 aliphatic heterocycles. The number of halogens is 6. The van der Waals surface area contributed by atoms with Gasteiger partial charge < -0.3 is 0 Å². The molecule has 0 unspecified atom stereocenters. The van der Waals surface area contributed by atoms with Crippen LogP contribution in [0.1, 0.15) is 0 Å². The van der Waals surface area contributed by atoms with E-state index in [-0.39, 0.29) is 0 Å². The van der Waals surface area contributed by atoms with Crippen molar-refractivity contribution < 1.29 is 4.39 Å². The number of rotatable bonds is 4. The zero-order valence-electron chi connectivity index (χ0n) is 10.2. The van der Waals surface area contributed by atoms with E-state index in [0.29, 0.717) is 42.6 Å². The molecule has 0 radical (unpaired) electrons. The number of thioether (sulfide) groups is 2. The molecule has 0 amide bonds. The van der Waals surface area contributed by atoms with Gasteiger partial charge in [-0.2, -0.15) is 4.39 Å². The van der Waals surface area contributed by atoms with Gasteiger partial charge in [0.15, 0.2) is 0 Å². The van der Waals surface area contributed by atoms with Gasteiger partial charge in [-0.05, 0) is 30.2 Å². The average Bonchev–Trinajstić information content (AvgIpc) is 2.68. The van der Waals surface area contributed by atoms with Crippen LogP contribution in [0.25, 0.3) is 5.69 Å². The lowest BCUT2D eigenvalue weighted by Gasteiger charge is -2.12. The Kier molecular flexibility index (Phi) is 5.91. The van der Waals surface area contributed by atoms with Gasteiger partial charge in [0.1, 0.15) is 16.4 Å². The number of benzene rings is 1. The van der Waals surface area contributed by atoms with Crippen LogP contribution in [-0.2, 0) is 0 Å². The first-order chi connectivity index (χ1) is 9.73. The fourth-order valence-corrected chi connectivity index (χ4v) is 4.49. The summed E-state index contributed by atoms with van der Waals surface area (Å²) in [6.07, 6.45) is 3.27. The van der Waals surface area contributed by atoms with Crippen molar-refractivity contribution in [1.29, 1.82) is 0 Å². The fourth-order valence-electron chi connectivity index (χ4n) is 1.61. The standard InChI is InChI=1S/C11H6Cl5FN2S2/c1-20-10-9(21-11(15,16)17)18-4-19(10)8-6(13)2-5(12)3-7(8)14/h2-4H,1H3. The summed E-state index contributed by atoms with van der Waals surface area (Å²) in [7, 11) is 0. The summed E-state index contributed by atoms with van der Waals surface area (Å²) in [6.45, 7) is 0. The topological polar surface area (TPSA) is 17.8 Å². The smallest absolute Gasteiger partial charge is 0.290 e. The van der Waals surface area contributed by atoms with Crippen LogP contribution < -0.4 is 0 Å². The Hall–Kier alpha value is 0.510. The fraction of sp³-hybridized carbons (Fsp3) is 0.182. The first kappa shape index (κ1) is 17.9. The SMILES string of the molecule is CSc1c(SC(F)(Cl)Cl)ncn1-c1c(Cl)cc(Cl)cc1Cl. The Morgan fingerprint density at radius 1 is 1.19 bits per heavy atom. The van der Waals surface area contributed by atoms with E-state index in [1.807, 2.05) is 0 Å². The molecule has 114 valence electrons. The minimum atomic E-state index is -2.47. The second kappa shape index (κ2) is 6.95. The second-order valence-corrected chi connectivity index (χ2v) is 8.58. The molecule has 0 aliphatic carbocycles. The summed E-state index contributed by atoms with van der Waals surface area (Å²) in [5, 5.41) is 2.05. The molecule has 0 bridgehead atoms. The van der Waals surface area contributed by atoms with Crippen molar-refractivity contribution in [2.24, 2.45) is 0 Å². The molecule has 0 spiro atoms. The highest BCUT2D eigenvalue weighted by molar-refractivity contribution is 8.04. The summed E-state index contributed by atoms with van der Waals surface area (Å²) in [5.41, 5.74) is 0.500. The van der Waals surface area contributed by atoms with Gasteiger partial charge in [0.2, 0.25) is 0 Å². The second-order valence-electron chi connectivity index (χ2n) is 3.69. The van der Waals surface area contributed by atoms with E-state index in [9.17, 15) is 4.39 Å². The minimum absolute atomic E-state index is 0.331. The molecule has 0 N–H and O–H groups in total. The van der Waals surface area contributed by atoms with Crippen molar-refractivity contribution in [3.05, 3.63) is 33.5 Å². The molecule has 1 heterocycles. The largest absolute Gasteiger partial charge is 0.310 e. The summed E-state index contributed by atoms with van der Waals surface area (Å²) in [5.74, 6) is 0. The number of nitrogens with zero attached hydrogens (tertiary/aromatic N) is 2. The number of hydrogen-bond acceptors (Lipinski definition) is 3. The monoisotopic (exact) mass is 424 g/mol. The van der Waals surface area contributed by atoms with E-state index in [1.165, 1.54) is 18.1 Å². The highest BCUT2D eigenvalue weighted by Crippen LogP contribution is 2.45. The van der Waals surface area contributed by atoms with Crippen molar-refractivity contribution in [2.45, 2.75) is 14.0 Å². The van der Waals surface area contributed by atoms with Crippen LogP contribution in [0.15, 0.2) is 28.5 Å². The van der Waals surface area contributed by atoms with Gasteiger partial charge in [0.05, 0.1) is 15.7 Å². The first-order valence-electron chi connectivity index (χ1n) is 5.25. The van der Waals surface area contributed by atoms with Crippen LogP contribution in [-0.4, -0.2) is 19.7 Å². The van der Waals surface area contributed by atoms with Gasteiger partial charge in [-0.25, -0.2) is 4.98 Å². The van der Waals surface area contributed by atoms with Gasteiger partial charge in [0.25, 0.3) is 0 Å². The summed E-state index contributed by atoms with van der Waals surface area (Å²) < 4.78 is 12.5. The van der Waals surface area contributed by atoms with Crippen molar-refractivity contribution in [1.82, 2.24) is 9.55 Å². The molecule has 0 aliphatic rings. The summed E-state index contributed by atoms with van der Waals surface area (Å²) in [4.78, 5) is 4.10. The molecule has 0 saturated heterocycles. The predicted molar refractivity (Wildman–Crippen MR) is 91.8 cm³/mol. The van der Waals surface area contributed by atoms with Gasteiger partial charge in [0, 0.05) is 5.02 Å². The average molecular weight is 427 g/mol. The lowest BCUT2D eigenvalue weighted by atomic mass is 10.3. The van der Waals surface area contributed by atoms with Crippen molar-refractivity contribution in [2.75, 3.05) is 6.26 Å². The maximum atomic E-state index is 13.4. The highest BCUT2D eigenvalue weighted by Gasteiger charge is 2.28. The molecule has 2 aromatic rings. The Labute approximate surface area is 154 Å². The molecule has 2 nitrogen and oxygen atoms in total. The zero-order chi connectivity index (χ0) is 15.8. The van der Waals surface area contributed by atoms with Gasteiger partial charge in [-0.1, -0.05) is 58.0 Å². The Balaban J connectivity index is 2.56. The van der Waals surface area contributed by atoms with Crippen LogP contribution >= 0.6 is 81.5 Å². The van der Waals surface area contributed by atoms with Crippen molar-refractivity contribution in [3.63, 3.8) is 0 Å². The van der Waals surface area contributed by atoms with Crippen molar-refractivity contribution >= 4 is 81.5 Å². The van der Waals surface area contributed by atoms with Gasteiger partial charge >= 0.3 is 3.92 Å². The van der Waals surface area contributed by atoms with E-state index in [0.717, 1.165) is 0 Å². The molecule has 10 heteroatoms. The lowest BCUT2D eigenvalue weighted by Crippen LogP contribution is -1.99. The molecular weight excluding hydrogens is 421 g/mol. The number of aromatic nitrogens is 2. The molecule has 0 atom stereocenters.